The van der Waals surface area contributed by atoms with Gasteiger partial charge < -0.3 is 28.5 Å². The Morgan fingerprint density at radius 3 is 2.36 bits per heavy atom. The minimum absolute atomic E-state index is 0.0446. The van der Waals surface area contributed by atoms with Crippen molar-refractivity contribution in [3.05, 3.63) is 48.0 Å². The zero-order valence-corrected chi connectivity index (χ0v) is 21.9. The number of benzene rings is 1. The largest absolute Gasteiger partial charge is 0.429 e. The average Bonchev–Trinajstić information content (AvgIpc) is 3.19. The van der Waals surface area contributed by atoms with Crippen LogP contribution in [-0.2, 0) is 23.4 Å². The standard InChI is InChI=1S/C25H38O7Si/c1-16(32-33(7,8)24(2,3)4)18(26)14-15-19-20-21(31-25(5,6)30-20)23(28-19)29-22(27)17-12-10-9-11-13-17/h9-16,18-21,23,26H,1-8H3/b15-14+/t16-,18+,19+,20-,21-,23+/m0/s1. The van der Waals surface area contributed by atoms with E-state index >= 15 is 0 Å². The van der Waals surface area contributed by atoms with Crippen molar-refractivity contribution in [2.24, 2.45) is 0 Å². The Bertz CT molecular complexity index is 846. The molecule has 1 N–H and O–H groups in total. The third kappa shape index (κ3) is 6.12. The van der Waals surface area contributed by atoms with Crippen LogP contribution in [0.2, 0.25) is 18.1 Å². The van der Waals surface area contributed by atoms with Gasteiger partial charge in [0.25, 0.3) is 0 Å². The Morgan fingerprint density at radius 2 is 1.76 bits per heavy atom. The van der Waals surface area contributed by atoms with Gasteiger partial charge in [-0.3, -0.25) is 0 Å². The second-order valence-electron chi connectivity index (χ2n) is 10.8. The summed E-state index contributed by atoms with van der Waals surface area (Å²) < 4.78 is 29.9. The average molecular weight is 479 g/mol. The topological polar surface area (TPSA) is 83.5 Å². The van der Waals surface area contributed by atoms with Gasteiger partial charge in [0.05, 0.1) is 17.8 Å². The summed E-state index contributed by atoms with van der Waals surface area (Å²) in [5.41, 5.74) is 0.432. The zero-order chi connectivity index (χ0) is 24.6. The van der Waals surface area contributed by atoms with E-state index in [1.54, 1.807) is 36.4 Å². The van der Waals surface area contributed by atoms with Crippen molar-refractivity contribution in [1.82, 2.24) is 0 Å². The minimum atomic E-state index is -2.02. The molecule has 0 aliphatic carbocycles. The van der Waals surface area contributed by atoms with Gasteiger partial charge in [-0.2, -0.15) is 0 Å². The summed E-state index contributed by atoms with van der Waals surface area (Å²) >= 11 is 0. The number of aliphatic hydroxyl groups is 1. The van der Waals surface area contributed by atoms with E-state index in [9.17, 15) is 9.90 Å². The molecule has 0 spiro atoms. The van der Waals surface area contributed by atoms with Crippen LogP contribution < -0.4 is 0 Å². The highest BCUT2D eigenvalue weighted by atomic mass is 28.4. The SMILES string of the molecule is C[C@H](O[Si](C)(C)C(C)(C)C)[C@H](O)/C=C/[C@H]1O[C@H](OC(=O)c2ccccc2)[C@H]2OC(C)(C)O[C@H]21. The van der Waals surface area contributed by atoms with Gasteiger partial charge in [0.1, 0.15) is 12.2 Å². The summed E-state index contributed by atoms with van der Waals surface area (Å²) in [4.78, 5) is 12.6. The van der Waals surface area contributed by atoms with Crippen molar-refractivity contribution in [3.63, 3.8) is 0 Å². The fourth-order valence-electron chi connectivity index (χ4n) is 3.68. The molecule has 0 unspecified atom stereocenters. The maximum atomic E-state index is 12.6. The third-order valence-electron chi connectivity index (χ3n) is 6.55. The van der Waals surface area contributed by atoms with Gasteiger partial charge in [-0.1, -0.05) is 51.1 Å². The number of esters is 1. The second-order valence-corrected chi connectivity index (χ2v) is 15.5. The van der Waals surface area contributed by atoms with E-state index in [1.807, 2.05) is 26.8 Å². The van der Waals surface area contributed by atoms with Gasteiger partial charge in [0, 0.05) is 0 Å². The normalized spacial score (nSPS) is 29.1. The van der Waals surface area contributed by atoms with E-state index in [0.29, 0.717) is 5.56 Å². The smallest absolute Gasteiger partial charge is 0.340 e. The molecule has 33 heavy (non-hydrogen) atoms. The lowest BCUT2D eigenvalue weighted by Gasteiger charge is -2.39. The molecular weight excluding hydrogens is 440 g/mol. The number of carbonyl (C=O) groups excluding carboxylic acids is 1. The summed E-state index contributed by atoms with van der Waals surface area (Å²) in [7, 11) is -2.02. The Balaban J connectivity index is 1.68. The first-order chi connectivity index (χ1) is 15.2. The molecule has 1 aromatic rings. The number of rotatable bonds is 7. The van der Waals surface area contributed by atoms with E-state index in [-0.39, 0.29) is 11.1 Å². The van der Waals surface area contributed by atoms with Crippen molar-refractivity contribution < 1.29 is 33.3 Å². The van der Waals surface area contributed by atoms with Crippen molar-refractivity contribution in [2.45, 2.75) is 102 Å². The van der Waals surface area contributed by atoms with E-state index < -0.39 is 50.8 Å². The lowest BCUT2D eigenvalue weighted by molar-refractivity contribution is -0.214. The number of ether oxygens (including phenoxy) is 4. The molecule has 0 bridgehead atoms. The number of aliphatic hydroxyl groups excluding tert-OH is 1. The summed E-state index contributed by atoms with van der Waals surface area (Å²) in [6.07, 6.45) is -0.276. The first-order valence-corrected chi connectivity index (χ1v) is 14.4. The molecule has 2 fully saturated rings. The van der Waals surface area contributed by atoms with Crippen molar-refractivity contribution in [3.8, 4) is 0 Å². The third-order valence-corrected chi connectivity index (χ3v) is 11.1. The summed E-state index contributed by atoms with van der Waals surface area (Å²) in [5.74, 6) is -1.33. The molecule has 6 atom stereocenters. The predicted molar refractivity (Wildman–Crippen MR) is 127 cm³/mol. The van der Waals surface area contributed by atoms with Gasteiger partial charge >= 0.3 is 5.97 Å². The van der Waals surface area contributed by atoms with Crippen LogP contribution in [0.1, 0.15) is 51.9 Å². The van der Waals surface area contributed by atoms with Gasteiger partial charge in [0.2, 0.25) is 6.29 Å². The van der Waals surface area contributed by atoms with Gasteiger partial charge in [-0.05, 0) is 51.0 Å². The van der Waals surface area contributed by atoms with Crippen LogP contribution in [0.15, 0.2) is 42.5 Å². The van der Waals surface area contributed by atoms with Crippen molar-refractivity contribution in [2.75, 3.05) is 0 Å². The summed E-state index contributed by atoms with van der Waals surface area (Å²) in [6.45, 7) is 16.3. The molecule has 2 heterocycles. The van der Waals surface area contributed by atoms with Gasteiger partial charge in [-0.25, -0.2) is 4.79 Å². The molecule has 184 valence electrons. The maximum absolute atomic E-state index is 12.6. The quantitative estimate of drug-likeness (QED) is 0.353. The minimum Gasteiger partial charge on any atom is -0.429 e. The zero-order valence-electron chi connectivity index (χ0n) is 20.9. The highest BCUT2D eigenvalue weighted by Crippen LogP contribution is 2.40. The molecular formula is C25H38O7Si. The molecule has 2 aliphatic rings. The first kappa shape index (κ1) is 26.1. The molecule has 0 aromatic heterocycles. The first-order valence-electron chi connectivity index (χ1n) is 11.5. The Morgan fingerprint density at radius 1 is 1.15 bits per heavy atom. The van der Waals surface area contributed by atoms with Crippen LogP contribution >= 0.6 is 0 Å². The van der Waals surface area contributed by atoms with Crippen LogP contribution in [0.3, 0.4) is 0 Å². The van der Waals surface area contributed by atoms with Crippen molar-refractivity contribution >= 4 is 14.3 Å². The number of hydrogen-bond acceptors (Lipinski definition) is 7. The lowest BCUT2D eigenvalue weighted by Crippen LogP contribution is -2.45. The highest BCUT2D eigenvalue weighted by molar-refractivity contribution is 6.74. The molecule has 0 saturated carbocycles. The molecule has 3 rings (SSSR count). The summed E-state index contributed by atoms with van der Waals surface area (Å²) in [5, 5.41) is 10.8. The molecule has 8 heteroatoms. The predicted octanol–water partition coefficient (Wildman–Crippen LogP) is 4.42. The van der Waals surface area contributed by atoms with Crippen LogP contribution in [-0.4, -0.2) is 62.0 Å². The molecule has 0 amide bonds. The monoisotopic (exact) mass is 478 g/mol. The highest BCUT2D eigenvalue weighted by Gasteiger charge is 2.56. The van der Waals surface area contributed by atoms with E-state index in [4.69, 9.17) is 23.4 Å². The van der Waals surface area contributed by atoms with Gasteiger partial charge in [-0.15, -0.1) is 0 Å². The van der Waals surface area contributed by atoms with Crippen molar-refractivity contribution in [1.29, 1.82) is 0 Å². The van der Waals surface area contributed by atoms with Crippen LogP contribution in [0.25, 0.3) is 0 Å². The Kier molecular flexibility index (Phi) is 7.58. The molecule has 2 aliphatic heterocycles. The molecule has 0 radical (unpaired) electrons. The number of hydrogen-bond donors (Lipinski definition) is 1. The van der Waals surface area contributed by atoms with Crippen LogP contribution in [0.4, 0.5) is 0 Å². The maximum Gasteiger partial charge on any atom is 0.340 e. The van der Waals surface area contributed by atoms with Gasteiger partial charge in [0.15, 0.2) is 20.2 Å². The fraction of sp³-hybridized carbons (Fsp3) is 0.640. The van der Waals surface area contributed by atoms with Crippen LogP contribution in [0, 0.1) is 0 Å². The number of carbonyl (C=O) groups is 1. The Hall–Kier alpha value is -1.55. The van der Waals surface area contributed by atoms with E-state index in [1.165, 1.54) is 0 Å². The molecule has 7 nitrogen and oxygen atoms in total. The number of fused-ring (bicyclic) bond motifs is 1. The van der Waals surface area contributed by atoms with E-state index in [2.05, 4.69) is 33.9 Å². The van der Waals surface area contributed by atoms with E-state index in [0.717, 1.165) is 0 Å². The Labute approximate surface area is 198 Å². The summed E-state index contributed by atoms with van der Waals surface area (Å²) in [6, 6.07) is 8.74. The second kappa shape index (κ2) is 9.60. The lowest BCUT2D eigenvalue weighted by atomic mass is 10.1. The molecule has 2 saturated heterocycles. The fourth-order valence-corrected chi connectivity index (χ4v) is 5.10. The van der Waals surface area contributed by atoms with Crippen LogP contribution in [0.5, 0.6) is 0 Å². The molecule has 1 aromatic carbocycles.